The highest BCUT2D eigenvalue weighted by atomic mass is 79.9. The van der Waals surface area contributed by atoms with Crippen LogP contribution in [0.15, 0.2) is 87.9 Å². The summed E-state index contributed by atoms with van der Waals surface area (Å²) in [5.41, 5.74) is 3.84. The second-order valence-corrected chi connectivity index (χ2v) is 9.35. The Balaban J connectivity index is 1.59. The number of benzene rings is 2. The molecule has 0 bridgehead atoms. The number of aromatic nitrogens is 1. The van der Waals surface area contributed by atoms with Gasteiger partial charge in [0.15, 0.2) is 5.11 Å². The smallest absolute Gasteiger partial charge is 0.174 e. The standard InChI is InChI=1S/C25H19BrClN3OS/c1-15-5-6-16(14-19(15)27)21-11-12-22(31-21)24-23(20-4-2-3-13-28-20)29-25(32)30(24)18-9-7-17(26)8-10-18/h2-14,23-24H,1H3,(H,29,32)/t23-,24-/m0/s1. The largest absolute Gasteiger partial charge is 0.459 e. The fraction of sp³-hybridized carbons (Fsp3) is 0.120. The number of halogens is 2. The van der Waals surface area contributed by atoms with Crippen molar-refractivity contribution in [2.75, 3.05) is 4.90 Å². The number of thiocarbonyl (C=S) groups is 1. The van der Waals surface area contributed by atoms with Gasteiger partial charge in [0.2, 0.25) is 0 Å². The molecular formula is C25H19BrClN3OS. The Bertz CT molecular complexity index is 1280. The van der Waals surface area contributed by atoms with Gasteiger partial charge < -0.3 is 14.6 Å². The number of furan rings is 1. The van der Waals surface area contributed by atoms with E-state index in [9.17, 15) is 0 Å². The molecule has 2 aromatic carbocycles. The van der Waals surface area contributed by atoms with Crippen molar-refractivity contribution in [1.29, 1.82) is 0 Å². The maximum Gasteiger partial charge on any atom is 0.174 e. The van der Waals surface area contributed by atoms with E-state index >= 15 is 0 Å². The average Bonchev–Trinajstić information content (AvgIpc) is 3.41. The molecular weight excluding hydrogens is 506 g/mol. The average molecular weight is 525 g/mol. The van der Waals surface area contributed by atoms with E-state index in [0.29, 0.717) is 10.1 Å². The molecule has 0 spiro atoms. The molecule has 3 heterocycles. The predicted octanol–water partition coefficient (Wildman–Crippen LogP) is 7.24. The molecule has 2 atom stereocenters. The van der Waals surface area contributed by atoms with Crippen LogP contribution in [0.4, 0.5) is 5.69 Å². The summed E-state index contributed by atoms with van der Waals surface area (Å²) in [6.07, 6.45) is 1.79. The van der Waals surface area contributed by atoms with Gasteiger partial charge in [-0.2, -0.15) is 0 Å². The number of aryl methyl sites for hydroxylation is 1. The molecule has 5 rings (SSSR count). The molecule has 0 saturated carbocycles. The van der Waals surface area contributed by atoms with Gasteiger partial charge >= 0.3 is 0 Å². The van der Waals surface area contributed by atoms with Crippen molar-refractivity contribution in [1.82, 2.24) is 10.3 Å². The summed E-state index contributed by atoms with van der Waals surface area (Å²) in [6.45, 7) is 1.98. The van der Waals surface area contributed by atoms with Crippen LogP contribution in [0.3, 0.4) is 0 Å². The van der Waals surface area contributed by atoms with Gasteiger partial charge in [-0.3, -0.25) is 4.98 Å². The first-order valence-corrected chi connectivity index (χ1v) is 11.7. The van der Waals surface area contributed by atoms with Gasteiger partial charge in [-0.25, -0.2) is 0 Å². The highest BCUT2D eigenvalue weighted by Gasteiger charge is 2.42. The molecule has 1 saturated heterocycles. The summed E-state index contributed by atoms with van der Waals surface area (Å²) in [6, 6.07) is 23.5. The van der Waals surface area contributed by atoms with Crippen molar-refractivity contribution in [3.8, 4) is 11.3 Å². The van der Waals surface area contributed by atoms with Crippen molar-refractivity contribution < 1.29 is 4.42 Å². The maximum atomic E-state index is 6.39. The number of pyridine rings is 1. The normalized spacial score (nSPS) is 18.1. The third-order valence-electron chi connectivity index (χ3n) is 5.58. The van der Waals surface area contributed by atoms with E-state index in [1.807, 2.05) is 79.7 Å². The second-order valence-electron chi connectivity index (χ2n) is 7.64. The maximum absolute atomic E-state index is 6.39. The predicted molar refractivity (Wildman–Crippen MR) is 136 cm³/mol. The summed E-state index contributed by atoms with van der Waals surface area (Å²) in [5, 5.41) is 4.79. The van der Waals surface area contributed by atoms with E-state index < -0.39 is 0 Å². The minimum Gasteiger partial charge on any atom is -0.459 e. The summed E-state index contributed by atoms with van der Waals surface area (Å²) >= 11 is 15.6. The molecule has 160 valence electrons. The van der Waals surface area contributed by atoms with E-state index in [0.717, 1.165) is 38.5 Å². The molecule has 4 aromatic rings. The topological polar surface area (TPSA) is 41.3 Å². The molecule has 0 aliphatic carbocycles. The van der Waals surface area contributed by atoms with Gasteiger partial charge in [0.05, 0.1) is 11.7 Å². The number of hydrogen-bond acceptors (Lipinski definition) is 3. The first kappa shape index (κ1) is 21.2. The van der Waals surface area contributed by atoms with Gasteiger partial charge in [-0.05, 0) is 79.3 Å². The van der Waals surface area contributed by atoms with Crippen LogP contribution < -0.4 is 10.2 Å². The van der Waals surface area contributed by atoms with Crippen molar-refractivity contribution in [2.24, 2.45) is 0 Å². The molecule has 7 heteroatoms. The number of rotatable bonds is 4. The third-order valence-corrected chi connectivity index (χ3v) is 6.83. The van der Waals surface area contributed by atoms with Gasteiger partial charge in [0.1, 0.15) is 17.6 Å². The molecule has 2 aromatic heterocycles. The van der Waals surface area contributed by atoms with E-state index in [-0.39, 0.29) is 12.1 Å². The number of nitrogens with one attached hydrogen (secondary N) is 1. The SMILES string of the molecule is Cc1ccc(-c2ccc([C@H]3[C@H](c4ccccn4)NC(=S)N3c3ccc(Br)cc3)o2)cc1Cl. The Morgan fingerprint density at radius 2 is 1.88 bits per heavy atom. The zero-order chi connectivity index (χ0) is 22.2. The van der Waals surface area contributed by atoms with Crippen LogP contribution in [0, 0.1) is 6.92 Å². The molecule has 4 nitrogen and oxygen atoms in total. The van der Waals surface area contributed by atoms with Gasteiger partial charge in [-0.15, -0.1) is 0 Å². The molecule has 0 unspecified atom stereocenters. The van der Waals surface area contributed by atoms with Crippen molar-refractivity contribution in [3.05, 3.63) is 106 Å². The van der Waals surface area contributed by atoms with Crippen LogP contribution in [-0.4, -0.2) is 10.1 Å². The lowest BCUT2D eigenvalue weighted by atomic mass is 10.0. The Hall–Kier alpha value is -2.67. The van der Waals surface area contributed by atoms with E-state index in [1.165, 1.54) is 0 Å². The van der Waals surface area contributed by atoms with Crippen LogP contribution in [0.2, 0.25) is 5.02 Å². The number of anilines is 1. The second kappa shape index (κ2) is 8.70. The summed E-state index contributed by atoms with van der Waals surface area (Å²) in [4.78, 5) is 6.67. The summed E-state index contributed by atoms with van der Waals surface area (Å²) in [7, 11) is 0. The lowest BCUT2D eigenvalue weighted by Gasteiger charge is -2.26. The third kappa shape index (κ3) is 3.94. The fourth-order valence-corrected chi connectivity index (χ4v) is 4.73. The van der Waals surface area contributed by atoms with Crippen molar-refractivity contribution in [3.63, 3.8) is 0 Å². The van der Waals surface area contributed by atoms with Gasteiger partial charge in [0, 0.05) is 26.9 Å². The van der Waals surface area contributed by atoms with Crippen molar-refractivity contribution in [2.45, 2.75) is 19.0 Å². The molecule has 1 aliphatic rings. The Morgan fingerprint density at radius 3 is 2.59 bits per heavy atom. The van der Waals surface area contributed by atoms with Crippen LogP contribution in [-0.2, 0) is 0 Å². The summed E-state index contributed by atoms with van der Waals surface area (Å²) in [5.74, 6) is 1.55. The fourth-order valence-electron chi connectivity index (χ4n) is 3.94. The lowest BCUT2D eigenvalue weighted by Crippen LogP contribution is -2.29. The Kier molecular flexibility index (Phi) is 5.76. The van der Waals surface area contributed by atoms with Crippen LogP contribution in [0.1, 0.15) is 29.1 Å². The zero-order valence-electron chi connectivity index (χ0n) is 17.1. The van der Waals surface area contributed by atoms with E-state index in [1.54, 1.807) is 6.20 Å². The molecule has 32 heavy (non-hydrogen) atoms. The lowest BCUT2D eigenvalue weighted by molar-refractivity contribution is 0.439. The van der Waals surface area contributed by atoms with Crippen molar-refractivity contribution >= 4 is 50.5 Å². The molecule has 1 N–H and O–H groups in total. The number of nitrogens with zero attached hydrogens (tertiary/aromatic N) is 2. The van der Waals surface area contributed by atoms with E-state index in [2.05, 4.69) is 31.1 Å². The van der Waals surface area contributed by atoms with E-state index in [4.69, 9.17) is 28.2 Å². The number of hydrogen-bond donors (Lipinski definition) is 1. The van der Waals surface area contributed by atoms with Crippen LogP contribution in [0.25, 0.3) is 11.3 Å². The quantitative estimate of drug-likeness (QED) is 0.285. The minimum atomic E-state index is -0.201. The van der Waals surface area contributed by atoms with Crippen LogP contribution in [0.5, 0.6) is 0 Å². The Labute approximate surface area is 205 Å². The first-order valence-electron chi connectivity index (χ1n) is 10.1. The van der Waals surface area contributed by atoms with Gasteiger partial charge in [-0.1, -0.05) is 45.7 Å². The van der Waals surface area contributed by atoms with Gasteiger partial charge in [0.25, 0.3) is 0 Å². The highest BCUT2D eigenvalue weighted by Crippen LogP contribution is 2.43. The molecule has 0 amide bonds. The molecule has 0 radical (unpaired) electrons. The monoisotopic (exact) mass is 523 g/mol. The van der Waals surface area contributed by atoms with Crippen LogP contribution >= 0.6 is 39.7 Å². The highest BCUT2D eigenvalue weighted by molar-refractivity contribution is 9.10. The summed E-state index contributed by atoms with van der Waals surface area (Å²) < 4.78 is 7.40. The molecule has 1 aliphatic heterocycles. The zero-order valence-corrected chi connectivity index (χ0v) is 20.3. The minimum absolute atomic E-state index is 0.159. The Morgan fingerprint density at radius 1 is 1.06 bits per heavy atom. The molecule has 1 fully saturated rings. The first-order chi connectivity index (χ1) is 15.5.